The zero-order valence-electron chi connectivity index (χ0n) is 13.5. The van der Waals surface area contributed by atoms with Gasteiger partial charge in [0.25, 0.3) is 0 Å². The number of anilines is 1. The molecule has 0 aliphatic rings. The van der Waals surface area contributed by atoms with Gasteiger partial charge in [0.05, 0.1) is 17.0 Å². The molecule has 6 nitrogen and oxygen atoms in total. The molecule has 0 saturated carbocycles. The van der Waals surface area contributed by atoms with Crippen LogP contribution in [-0.2, 0) is 4.79 Å². The van der Waals surface area contributed by atoms with Crippen LogP contribution in [-0.4, -0.2) is 26.8 Å². The summed E-state index contributed by atoms with van der Waals surface area (Å²) in [6, 6.07) is 16.8. The molecule has 2 aromatic carbocycles. The predicted octanol–water partition coefficient (Wildman–Crippen LogP) is 3.38. The molecule has 0 radical (unpaired) electrons. The number of thioether (sulfide) groups is 1. The number of para-hydroxylation sites is 1. The number of nitrogens with zero attached hydrogens (tertiary/aromatic N) is 3. The average molecular weight is 349 g/mol. The predicted molar refractivity (Wildman–Crippen MR) is 97.1 cm³/mol. The van der Waals surface area contributed by atoms with E-state index in [1.54, 1.807) is 24.3 Å². The molecule has 1 heterocycles. The van der Waals surface area contributed by atoms with Crippen molar-refractivity contribution in [2.24, 2.45) is 0 Å². The Labute approximate surface area is 149 Å². The lowest BCUT2D eigenvalue weighted by atomic mass is 10.1. The number of hydrogen-bond donors (Lipinski definition) is 2. The van der Waals surface area contributed by atoms with Gasteiger partial charge < -0.3 is 5.32 Å². The van der Waals surface area contributed by atoms with Crippen molar-refractivity contribution in [1.82, 2.24) is 15.2 Å². The second-order valence-corrected chi connectivity index (χ2v) is 6.22. The maximum absolute atomic E-state index is 12.1. The van der Waals surface area contributed by atoms with E-state index in [0.717, 1.165) is 11.1 Å². The van der Waals surface area contributed by atoms with Crippen molar-refractivity contribution in [3.63, 3.8) is 0 Å². The molecule has 7 heteroatoms. The van der Waals surface area contributed by atoms with Gasteiger partial charge in [0.15, 0.2) is 5.82 Å². The first-order chi connectivity index (χ1) is 12.2. The first kappa shape index (κ1) is 16.7. The van der Waals surface area contributed by atoms with E-state index in [-0.39, 0.29) is 11.7 Å². The topological polar surface area (TPSA) is 94.5 Å². The van der Waals surface area contributed by atoms with Crippen molar-refractivity contribution in [3.05, 3.63) is 59.7 Å². The summed E-state index contributed by atoms with van der Waals surface area (Å²) >= 11 is 1.23. The monoisotopic (exact) mass is 349 g/mol. The van der Waals surface area contributed by atoms with Crippen LogP contribution >= 0.6 is 11.8 Å². The number of aryl methyl sites for hydroxylation is 1. The van der Waals surface area contributed by atoms with Gasteiger partial charge in [-0.1, -0.05) is 48.2 Å². The summed E-state index contributed by atoms with van der Waals surface area (Å²) in [7, 11) is 0. The highest BCUT2D eigenvalue weighted by Gasteiger charge is 2.11. The van der Waals surface area contributed by atoms with Crippen molar-refractivity contribution in [3.8, 4) is 17.5 Å². The number of H-pyrrole nitrogens is 1. The molecule has 0 saturated heterocycles. The van der Waals surface area contributed by atoms with Crippen molar-refractivity contribution in [2.75, 3.05) is 11.1 Å². The molecule has 0 spiro atoms. The number of carbonyl (C=O) groups excluding carboxylic acids is 1. The summed E-state index contributed by atoms with van der Waals surface area (Å²) in [5, 5.41) is 19.3. The molecule has 0 unspecified atom stereocenters. The minimum absolute atomic E-state index is 0.158. The van der Waals surface area contributed by atoms with E-state index in [1.165, 1.54) is 11.8 Å². The quantitative estimate of drug-likeness (QED) is 0.689. The Balaban J connectivity index is 1.62. The highest BCUT2D eigenvalue weighted by Crippen LogP contribution is 2.22. The van der Waals surface area contributed by atoms with Crippen LogP contribution in [0.2, 0.25) is 0 Å². The fourth-order valence-corrected chi connectivity index (χ4v) is 2.87. The molecule has 3 aromatic rings. The molecule has 0 fully saturated rings. The van der Waals surface area contributed by atoms with Gasteiger partial charge >= 0.3 is 0 Å². The Hall–Kier alpha value is -3.11. The molecule has 25 heavy (non-hydrogen) atoms. The van der Waals surface area contributed by atoms with Gasteiger partial charge in [0, 0.05) is 5.56 Å². The van der Waals surface area contributed by atoms with Crippen LogP contribution in [0.15, 0.2) is 53.7 Å². The first-order valence-electron chi connectivity index (χ1n) is 7.57. The highest BCUT2D eigenvalue weighted by atomic mass is 32.2. The molecular weight excluding hydrogens is 334 g/mol. The van der Waals surface area contributed by atoms with Crippen molar-refractivity contribution >= 4 is 23.4 Å². The molecule has 1 amide bonds. The molecule has 3 rings (SSSR count). The van der Waals surface area contributed by atoms with Crippen LogP contribution in [0.4, 0.5) is 5.69 Å². The van der Waals surface area contributed by atoms with Gasteiger partial charge in [-0.2, -0.15) is 5.26 Å². The number of carbonyl (C=O) groups is 1. The zero-order valence-corrected chi connectivity index (χ0v) is 14.3. The third-order valence-corrected chi connectivity index (χ3v) is 4.37. The van der Waals surface area contributed by atoms with Crippen LogP contribution in [0, 0.1) is 18.3 Å². The number of aromatic amines is 1. The first-order valence-corrected chi connectivity index (χ1v) is 8.56. The molecule has 2 N–H and O–H groups in total. The van der Waals surface area contributed by atoms with Crippen molar-refractivity contribution in [1.29, 1.82) is 5.26 Å². The molecule has 124 valence electrons. The molecule has 0 atom stereocenters. The second-order valence-electron chi connectivity index (χ2n) is 5.28. The van der Waals surface area contributed by atoms with Crippen LogP contribution < -0.4 is 5.32 Å². The van der Waals surface area contributed by atoms with Crippen LogP contribution in [0.1, 0.15) is 11.1 Å². The Morgan fingerprint density at radius 1 is 1.24 bits per heavy atom. The molecule has 0 bridgehead atoms. The van der Waals surface area contributed by atoms with Gasteiger partial charge in [0.2, 0.25) is 11.1 Å². The number of hydrogen-bond acceptors (Lipinski definition) is 5. The number of rotatable bonds is 5. The number of aromatic nitrogens is 3. The summed E-state index contributed by atoms with van der Waals surface area (Å²) in [6.07, 6.45) is 0. The smallest absolute Gasteiger partial charge is 0.234 e. The zero-order chi connectivity index (χ0) is 17.6. The third kappa shape index (κ3) is 4.05. The van der Waals surface area contributed by atoms with E-state index < -0.39 is 0 Å². The summed E-state index contributed by atoms with van der Waals surface area (Å²) < 4.78 is 0. The second kappa shape index (κ2) is 7.64. The maximum Gasteiger partial charge on any atom is 0.234 e. The average Bonchev–Trinajstić information content (AvgIpc) is 3.09. The number of benzene rings is 2. The third-order valence-electron chi connectivity index (χ3n) is 3.52. The van der Waals surface area contributed by atoms with Crippen LogP contribution in [0.25, 0.3) is 11.4 Å². The molecule has 0 aliphatic carbocycles. The fourth-order valence-electron chi connectivity index (χ4n) is 2.28. The van der Waals surface area contributed by atoms with Crippen LogP contribution in [0.3, 0.4) is 0 Å². The Morgan fingerprint density at radius 3 is 2.80 bits per heavy atom. The summed E-state index contributed by atoms with van der Waals surface area (Å²) in [5.74, 6) is 0.621. The van der Waals surface area contributed by atoms with E-state index >= 15 is 0 Å². The molecule has 1 aromatic heterocycles. The minimum atomic E-state index is -0.213. The number of amides is 1. The van der Waals surface area contributed by atoms with E-state index in [1.807, 2.05) is 31.2 Å². The standard InChI is InChI=1S/C18H15N5OS/c1-12-6-2-4-8-14(12)17-21-18(23-22-17)25-11-16(24)20-15-9-5-3-7-13(15)10-19/h2-9H,11H2,1H3,(H,20,24)(H,21,22,23). The van der Waals surface area contributed by atoms with E-state index in [9.17, 15) is 4.79 Å². The Kier molecular flexibility index (Phi) is 5.11. The lowest BCUT2D eigenvalue weighted by Gasteiger charge is -2.05. The molecule has 0 aliphatic heterocycles. The minimum Gasteiger partial charge on any atom is -0.324 e. The van der Waals surface area contributed by atoms with Gasteiger partial charge in [-0.3, -0.25) is 9.89 Å². The fraction of sp³-hybridized carbons (Fsp3) is 0.111. The Morgan fingerprint density at radius 2 is 2.00 bits per heavy atom. The molecular formula is C18H15N5OS. The maximum atomic E-state index is 12.1. The van der Waals surface area contributed by atoms with E-state index in [0.29, 0.717) is 22.2 Å². The Bertz CT molecular complexity index is 944. The van der Waals surface area contributed by atoms with Crippen molar-refractivity contribution in [2.45, 2.75) is 12.1 Å². The normalized spacial score (nSPS) is 10.2. The summed E-state index contributed by atoms with van der Waals surface area (Å²) in [4.78, 5) is 16.5. The van der Waals surface area contributed by atoms with Gasteiger partial charge in [-0.15, -0.1) is 5.10 Å². The number of nitrogens with one attached hydrogen (secondary N) is 2. The van der Waals surface area contributed by atoms with Crippen molar-refractivity contribution < 1.29 is 4.79 Å². The summed E-state index contributed by atoms with van der Waals surface area (Å²) in [6.45, 7) is 2.00. The lowest BCUT2D eigenvalue weighted by Crippen LogP contribution is -2.15. The lowest BCUT2D eigenvalue weighted by molar-refractivity contribution is -0.113. The largest absolute Gasteiger partial charge is 0.324 e. The number of nitriles is 1. The highest BCUT2D eigenvalue weighted by molar-refractivity contribution is 7.99. The van der Waals surface area contributed by atoms with Gasteiger partial charge in [-0.05, 0) is 24.6 Å². The summed E-state index contributed by atoms with van der Waals surface area (Å²) in [5.41, 5.74) is 3.02. The van der Waals surface area contributed by atoms with E-state index in [2.05, 4.69) is 26.6 Å². The van der Waals surface area contributed by atoms with Crippen LogP contribution in [0.5, 0.6) is 0 Å². The van der Waals surface area contributed by atoms with Gasteiger partial charge in [-0.25, -0.2) is 4.98 Å². The van der Waals surface area contributed by atoms with E-state index in [4.69, 9.17) is 5.26 Å². The van der Waals surface area contributed by atoms with Gasteiger partial charge in [0.1, 0.15) is 6.07 Å². The SMILES string of the molecule is Cc1ccccc1-c1nc(SCC(=O)Nc2ccccc2C#N)n[nH]1.